The molecule has 0 unspecified atom stereocenters. The van der Waals surface area contributed by atoms with Crippen LogP contribution in [-0.2, 0) is 6.42 Å². The highest BCUT2D eigenvalue weighted by Crippen LogP contribution is 2.61. The molecule has 3 aliphatic rings. The highest BCUT2D eigenvalue weighted by Gasteiger charge is 2.54. The lowest BCUT2D eigenvalue weighted by Crippen LogP contribution is -2.43. The molecule has 120 valence electrons. The Morgan fingerprint density at radius 2 is 1.91 bits per heavy atom. The van der Waals surface area contributed by atoms with Gasteiger partial charge >= 0.3 is 0 Å². The summed E-state index contributed by atoms with van der Waals surface area (Å²) in [6.07, 6.45) is 5.19. The fourth-order valence-corrected chi connectivity index (χ4v) is 5.64. The molecule has 2 saturated carbocycles. The van der Waals surface area contributed by atoms with Crippen LogP contribution in [0, 0.1) is 23.1 Å². The number of hydrogen-bond donors (Lipinski definition) is 3. The normalized spacial score (nSPS) is 40.0. The zero-order valence-corrected chi connectivity index (χ0v) is 12.8. The minimum atomic E-state index is -0.725. The van der Waals surface area contributed by atoms with E-state index in [-0.39, 0.29) is 23.2 Å². The first-order valence-electron chi connectivity index (χ1n) is 8.34. The number of halogens is 1. The third-order valence-corrected chi connectivity index (χ3v) is 6.88. The number of phenols is 2. The summed E-state index contributed by atoms with van der Waals surface area (Å²) in [5.74, 6) is -0.438. The maximum absolute atomic E-state index is 13.9. The largest absolute Gasteiger partial charge is 0.504 e. The van der Waals surface area contributed by atoms with E-state index in [0.29, 0.717) is 18.3 Å². The van der Waals surface area contributed by atoms with Gasteiger partial charge in [0.2, 0.25) is 0 Å². The molecule has 5 atom stereocenters. The molecule has 4 heteroatoms. The molecule has 0 heterocycles. The average Bonchev–Trinajstić information content (AvgIpc) is 2.80. The lowest BCUT2D eigenvalue weighted by Gasteiger charge is -2.50. The Morgan fingerprint density at radius 3 is 2.68 bits per heavy atom. The van der Waals surface area contributed by atoms with E-state index < -0.39 is 11.6 Å². The number of aliphatic hydroxyl groups excluding tert-OH is 1. The van der Waals surface area contributed by atoms with Gasteiger partial charge in [-0.1, -0.05) is 6.92 Å². The van der Waals surface area contributed by atoms with Crippen molar-refractivity contribution in [3.8, 4) is 11.5 Å². The molecule has 0 amide bonds. The Morgan fingerprint density at radius 1 is 1.14 bits per heavy atom. The second-order valence-electron chi connectivity index (χ2n) is 7.68. The van der Waals surface area contributed by atoms with Gasteiger partial charge in [0.1, 0.15) is 0 Å². The third kappa shape index (κ3) is 1.70. The number of phenolic OH excluding ortho intramolecular Hbond substituents is 2. The van der Waals surface area contributed by atoms with Gasteiger partial charge in [0.15, 0.2) is 17.3 Å². The van der Waals surface area contributed by atoms with Gasteiger partial charge < -0.3 is 15.3 Å². The predicted molar refractivity (Wildman–Crippen MR) is 80.4 cm³/mol. The summed E-state index contributed by atoms with van der Waals surface area (Å²) < 4.78 is 13.9. The Bertz CT molecular complexity index is 629. The van der Waals surface area contributed by atoms with Gasteiger partial charge in [0, 0.05) is 5.56 Å². The number of fused-ring (bicyclic) bond motifs is 5. The molecule has 0 aliphatic heterocycles. The number of aliphatic hydroxyl groups is 1. The van der Waals surface area contributed by atoms with E-state index in [2.05, 4.69) is 6.92 Å². The van der Waals surface area contributed by atoms with Crippen LogP contribution in [0.1, 0.15) is 56.1 Å². The number of hydrogen-bond acceptors (Lipinski definition) is 3. The highest BCUT2D eigenvalue weighted by molar-refractivity contribution is 5.52. The second kappa shape index (κ2) is 4.60. The van der Waals surface area contributed by atoms with Crippen molar-refractivity contribution in [2.75, 3.05) is 0 Å². The highest BCUT2D eigenvalue weighted by atomic mass is 19.1. The van der Waals surface area contributed by atoms with Gasteiger partial charge in [0.25, 0.3) is 0 Å². The van der Waals surface area contributed by atoms with Gasteiger partial charge in [-0.05, 0) is 73.3 Å². The zero-order chi connectivity index (χ0) is 15.6. The fraction of sp³-hybridized carbons (Fsp3) is 0.667. The van der Waals surface area contributed by atoms with Crippen LogP contribution in [-0.4, -0.2) is 21.4 Å². The summed E-state index contributed by atoms with van der Waals surface area (Å²) in [5, 5.41) is 30.1. The van der Waals surface area contributed by atoms with E-state index in [1.165, 1.54) is 6.07 Å². The molecule has 4 rings (SSSR count). The van der Waals surface area contributed by atoms with Crippen molar-refractivity contribution in [3.05, 3.63) is 23.0 Å². The van der Waals surface area contributed by atoms with E-state index in [1.54, 1.807) is 0 Å². The monoisotopic (exact) mass is 306 g/mol. The molecule has 3 N–H and O–H groups in total. The summed E-state index contributed by atoms with van der Waals surface area (Å²) in [6.45, 7) is 2.20. The molecular weight excluding hydrogens is 283 g/mol. The first kappa shape index (κ1) is 14.3. The summed E-state index contributed by atoms with van der Waals surface area (Å²) in [4.78, 5) is 0. The molecule has 2 fully saturated rings. The number of benzene rings is 1. The van der Waals surface area contributed by atoms with E-state index in [0.717, 1.165) is 43.2 Å². The Kier molecular flexibility index (Phi) is 3.00. The molecule has 0 saturated heterocycles. The van der Waals surface area contributed by atoms with Crippen LogP contribution in [0.3, 0.4) is 0 Å². The molecule has 0 radical (unpaired) electrons. The predicted octanol–water partition coefficient (Wildman–Crippen LogP) is 3.45. The molecule has 1 aromatic carbocycles. The van der Waals surface area contributed by atoms with Crippen LogP contribution in [0.15, 0.2) is 6.07 Å². The lowest BCUT2D eigenvalue weighted by atomic mass is 9.55. The standard InChI is InChI=1S/C18H23FO3/c1-18-7-6-9-10(13(18)4-5-15(18)20)2-3-11-12(9)8-14(19)17(22)16(11)21/h8-10,13,15,20-22H,2-7H2,1H3/t9-,10+,13-,15-,18-/m0/s1. The minimum Gasteiger partial charge on any atom is -0.504 e. The van der Waals surface area contributed by atoms with Crippen LogP contribution >= 0.6 is 0 Å². The summed E-state index contributed by atoms with van der Waals surface area (Å²) in [5.41, 5.74) is 1.60. The summed E-state index contributed by atoms with van der Waals surface area (Å²) in [6, 6.07) is 1.43. The number of rotatable bonds is 0. The fourth-order valence-electron chi connectivity index (χ4n) is 5.64. The average molecular weight is 306 g/mol. The lowest BCUT2D eigenvalue weighted by molar-refractivity contribution is -0.0227. The third-order valence-electron chi connectivity index (χ3n) is 6.88. The minimum absolute atomic E-state index is 0.00379. The summed E-state index contributed by atoms with van der Waals surface area (Å²) >= 11 is 0. The molecule has 22 heavy (non-hydrogen) atoms. The van der Waals surface area contributed by atoms with Gasteiger partial charge in [-0.3, -0.25) is 0 Å². The zero-order valence-electron chi connectivity index (χ0n) is 12.8. The van der Waals surface area contributed by atoms with Gasteiger partial charge in [-0.2, -0.15) is 0 Å². The van der Waals surface area contributed by atoms with E-state index in [4.69, 9.17) is 0 Å². The first-order chi connectivity index (χ1) is 10.4. The smallest absolute Gasteiger partial charge is 0.194 e. The van der Waals surface area contributed by atoms with Crippen molar-refractivity contribution >= 4 is 0 Å². The Labute approximate surface area is 129 Å². The molecule has 3 aliphatic carbocycles. The van der Waals surface area contributed by atoms with Crippen LogP contribution in [0.25, 0.3) is 0 Å². The van der Waals surface area contributed by atoms with E-state index in [1.807, 2.05) is 0 Å². The maximum atomic E-state index is 13.9. The van der Waals surface area contributed by atoms with Gasteiger partial charge in [-0.15, -0.1) is 0 Å². The molecule has 3 nitrogen and oxygen atoms in total. The quantitative estimate of drug-likeness (QED) is 0.643. The molecule has 0 aromatic heterocycles. The second-order valence-corrected chi connectivity index (χ2v) is 7.68. The van der Waals surface area contributed by atoms with Crippen molar-refractivity contribution in [3.63, 3.8) is 0 Å². The van der Waals surface area contributed by atoms with E-state index >= 15 is 0 Å². The van der Waals surface area contributed by atoms with Gasteiger partial charge in [-0.25, -0.2) is 4.39 Å². The van der Waals surface area contributed by atoms with E-state index in [9.17, 15) is 19.7 Å². The van der Waals surface area contributed by atoms with Crippen molar-refractivity contribution in [2.24, 2.45) is 17.3 Å². The van der Waals surface area contributed by atoms with Crippen LogP contribution in [0.5, 0.6) is 11.5 Å². The van der Waals surface area contributed by atoms with Crippen LogP contribution in [0.2, 0.25) is 0 Å². The van der Waals surface area contributed by atoms with Crippen molar-refractivity contribution in [1.29, 1.82) is 0 Å². The van der Waals surface area contributed by atoms with Crippen LogP contribution < -0.4 is 0 Å². The molecular formula is C18H23FO3. The molecule has 0 bridgehead atoms. The van der Waals surface area contributed by atoms with Crippen molar-refractivity contribution in [2.45, 2.75) is 57.5 Å². The SMILES string of the molecule is C[C@]12CC[C@@H]3c4cc(F)c(O)c(O)c4CC[C@H]3[C@@H]1CC[C@@H]2O. The summed E-state index contributed by atoms with van der Waals surface area (Å²) in [7, 11) is 0. The topological polar surface area (TPSA) is 60.7 Å². The first-order valence-corrected chi connectivity index (χ1v) is 8.34. The van der Waals surface area contributed by atoms with Crippen molar-refractivity contribution < 1.29 is 19.7 Å². The Hall–Kier alpha value is -1.29. The number of aromatic hydroxyl groups is 2. The van der Waals surface area contributed by atoms with Crippen LogP contribution in [0.4, 0.5) is 4.39 Å². The maximum Gasteiger partial charge on any atom is 0.194 e. The van der Waals surface area contributed by atoms with Gasteiger partial charge in [0.05, 0.1) is 6.10 Å². The molecule has 1 aromatic rings. The molecule has 0 spiro atoms. The Balaban J connectivity index is 1.76. The van der Waals surface area contributed by atoms with Crippen molar-refractivity contribution in [1.82, 2.24) is 0 Å².